The number of thiocarbonyl (C=S) groups is 1. The van der Waals surface area contributed by atoms with Gasteiger partial charge in [-0.1, -0.05) is 42.2 Å². The number of amides is 1. The fraction of sp³-hybridized carbons (Fsp3) is 0.389. The number of thioether (sulfide) groups is 1. The van der Waals surface area contributed by atoms with Crippen LogP contribution in [-0.4, -0.2) is 66.0 Å². The number of nitriles is 1. The molecule has 136 valence electrons. The lowest BCUT2D eigenvalue weighted by molar-refractivity contribution is -0.122. The van der Waals surface area contributed by atoms with Crippen LogP contribution in [0.15, 0.2) is 29.2 Å². The van der Waals surface area contributed by atoms with E-state index in [0.29, 0.717) is 21.5 Å². The van der Waals surface area contributed by atoms with Crippen LogP contribution in [0.25, 0.3) is 6.08 Å². The largest absolute Gasteiger partial charge is 0.478 e. The van der Waals surface area contributed by atoms with E-state index in [1.807, 2.05) is 24.3 Å². The summed E-state index contributed by atoms with van der Waals surface area (Å²) in [5.74, 6) is 0.496. The maximum absolute atomic E-state index is 12.7. The Kier molecular flexibility index (Phi) is 6.63. The molecule has 1 amide bonds. The Morgan fingerprint density at radius 3 is 2.85 bits per heavy atom. The Labute approximate surface area is 162 Å². The number of benzene rings is 1. The Morgan fingerprint density at radius 1 is 1.31 bits per heavy atom. The third-order valence-electron chi connectivity index (χ3n) is 4.11. The fourth-order valence-corrected chi connectivity index (χ4v) is 4.04. The van der Waals surface area contributed by atoms with Gasteiger partial charge in [0.2, 0.25) is 0 Å². The molecule has 2 fully saturated rings. The first-order chi connectivity index (χ1) is 12.7. The van der Waals surface area contributed by atoms with E-state index in [9.17, 15) is 4.79 Å². The van der Waals surface area contributed by atoms with Gasteiger partial charge in [-0.2, -0.15) is 5.26 Å². The van der Waals surface area contributed by atoms with Crippen molar-refractivity contribution in [1.82, 2.24) is 9.80 Å². The Hall–Kier alpha value is -1.92. The van der Waals surface area contributed by atoms with Crippen molar-refractivity contribution in [3.8, 4) is 11.8 Å². The average molecular weight is 390 g/mol. The highest BCUT2D eigenvalue weighted by atomic mass is 32.2. The first-order valence-electron chi connectivity index (χ1n) is 8.33. The molecule has 0 N–H and O–H groups in total. The maximum atomic E-state index is 12.7. The molecular weight excluding hydrogens is 370 g/mol. The van der Waals surface area contributed by atoms with Crippen molar-refractivity contribution < 1.29 is 14.3 Å². The number of ether oxygens (including phenoxy) is 2. The predicted octanol–water partition coefficient (Wildman–Crippen LogP) is 2.12. The van der Waals surface area contributed by atoms with Crippen molar-refractivity contribution in [2.75, 3.05) is 46.0 Å². The Balaban J connectivity index is 1.68. The average Bonchev–Trinajstić information content (AvgIpc) is 2.93. The van der Waals surface area contributed by atoms with Crippen molar-refractivity contribution >= 4 is 40.3 Å². The highest BCUT2D eigenvalue weighted by molar-refractivity contribution is 8.26. The monoisotopic (exact) mass is 389 g/mol. The third-order valence-corrected chi connectivity index (χ3v) is 5.49. The minimum atomic E-state index is -0.0802. The number of rotatable bonds is 6. The first-order valence-corrected chi connectivity index (χ1v) is 9.56. The molecule has 2 heterocycles. The van der Waals surface area contributed by atoms with E-state index in [1.54, 1.807) is 17.0 Å². The van der Waals surface area contributed by atoms with E-state index in [-0.39, 0.29) is 12.5 Å². The second-order valence-corrected chi connectivity index (χ2v) is 7.45. The van der Waals surface area contributed by atoms with Gasteiger partial charge in [-0.15, -0.1) is 0 Å². The number of hydrogen-bond donors (Lipinski definition) is 0. The van der Waals surface area contributed by atoms with Gasteiger partial charge in [-0.05, 0) is 12.1 Å². The summed E-state index contributed by atoms with van der Waals surface area (Å²) < 4.78 is 11.3. The van der Waals surface area contributed by atoms with Gasteiger partial charge in [0, 0.05) is 31.7 Å². The van der Waals surface area contributed by atoms with Crippen LogP contribution in [0, 0.1) is 11.3 Å². The molecule has 0 aromatic heterocycles. The maximum Gasteiger partial charge on any atom is 0.266 e. The molecule has 2 aliphatic rings. The van der Waals surface area contributed by atoms with Crippen LogP contribution in [0.3, 0.4) is 0 Å². The zero-order valence-corrected chi connectivity index (χ0v) is 15.9. The van der Waals surface area contributed by atoms with Gasteiger partial charge in [-0.25, -0.2) is 0 Å². The summed E-state index contributed by atoms with van der Waals surface area (Å²) in [7, 11) is 0. The van der Waals surface area contributed by atoms with E-state index >= 15 is 0 Å². The van der Waals surface area contributed by atoms with Gasteiger partial charge in [0.1, 0.15) is 16.1 Å². The van der Waals surface area contributed by atoms with Crippen LogP contribution in [0.1, 0.15) is 5.56 Å². The quantitative estimate of drug-likeness (QED) is 0.545. The highest BCUT2D eigenvalue weighted by Crippen LogP contribution is 2.34. The third kappa shape index (κ3) is 4.62. The van der Waals surface area contributed by atoms with Crippen LogP contribution >= 0.6 is 24.0 Å². The number of carbonyl (C=O) groups is 1. The summed E-state index contributed by atoms with van der Waals surface area (Å²) in [5, 5.41) is 8.70. The molecule has 0 saturated carbocycles. The van der Waals surface area contributed by atoms with Gasteiger partial charge < -0.3 is 9.47 Å². The van der Waals surface area contributed by atoms with Crippen molar-refractivity contribution in [1.29, 1.82) is 5.26 Å². The number of hydrogen-bond acceptors (Lipinski definition) is 7. The number of morpholine rings is 1. The van der Waals surface area contributed by atoms with E-state index in [2.05, 4.69) is 4.90 Å². The topological polar surface area (TPSA) is 65.8 Å². The zero-order chi connectivity index (χ0) is 18.4. The van der Waals surface area contributed by atoms with Gasteiger partial charge in [0.25, 0.3) is 5.91 Å². The molecule has 1 aromatic rings. The summed E-state index contributed by atoms with van der Waals surface area (Å²) in [6.45, 7) is 4.56. The minimum Gasteiger partial charge on any atom is -0.478 e. The van der Waals surface area contributed by atoms with Gasteiger partial charge in [0.05, 0.1) is 18.1 Å². The summed E-state index contributed by atoms with van der Waals surface area (Å²) in [6.07, 6.45) is 1.78. The number of nitrogens with zero attached hydrogens (tertiary/aromatic N) is 3. The van der Waals surface area contributed by atoms with E-state index in [0.717, 1.165) is 38.4 Å². The second-order valence-electron chi connectivity index (χ2n) is 5.77. The summed E-state index contributed by atoms with van der Waals surface area (Å²) >= 11 is 6.69. The molecule has 2 saturated heterocycles. The van der Waals surface area contributed by atoms with Crippen LogP contribution < -0.4 is 4.74 Å². The van der Waals surface area contributed by atoms with Crippen molar-refractivity contribution in [3.05, 3.63) is 34.7 Å². The van der Waals surface area contributed by atoms with Crippen LogP contribution in [0.4, 0.5) is 0 Å². The van der Waals surface area contributed by atoms with Crippen molar-refractivity contribution in [2.45, 2.75) is 0 Å². The molecule has 0 spiro atoms. The van der Waals surface area contributed by atoms with Crippen LogP contribution in [0.2, 0.25) is 0 Å². The summed E-state index contributed by atoms with van der Waals surface area (Å²) in [4.78, 5) is 17.2. The second kappa shape index (κ2) is 9.14. The molecule has 6 nitrogen and oxygen atoms in total. The van der Waals surface area contributed by atoms with Crippen LogP contribution in [-0.2, 0) is 9.53 Å². The standard InChI is InChI=1S/C18H19N3O3S2/c19-5-10-24-15-4-2-1-3-14(15)13-16-17(22)21(18(25)26-16)7-6-20-8-11-23-12-9-20/h1-4,13H,6-12H2/b16-13-. The molecule has 8 heteroatoms. The number of carbonyl (C=O) groups excluding carboxylic acids is 1. The molecule has 3 rings (SSSR count). The molecule has 0 aliphatic carbocycles. The lowest BCUT2D eigenvalue weighted by atomic mass is 10.2. The van der Waals surface area contributed by atoms with Crippen molar-refractivity contribution in [2.24, 2.45) is 0 Å². The lowest BCUT2D eigenvalue weighted by Gasteiger charge is -2.28. The van der Waals surface area contributed by atoms with E-state index in [4.69, 9.17) is 27.0 Å². The predicted molar refractivity (Wildman–Crippen MR) is 105 cm³/mol. The van der Waals surface area contributed by atoms with E-state index in [1.165, 1.54) is 11.8 Å². The molecule has 0 unspecified atom stereocenters. The molecule has 0 atom stereocenters. The lowest BCUT2D eigenvalue weighted by Crippen LogP contribution is -2.42. The SMILES string of the molecule is N#CCOc1ccccc1/C=C1\SC(=S)N(CCN2CCOCC2)C1=O. The zero-order valence-electron chi connectivity index (χ0n) is 14.2. The normalized spacial score (nSPS) is 19.8. The molecule has 0 radical (unpaired) electrons. The first kappa shape index (κ1) is 18.9. The van der Waals surface area contributed by atoms with Gasteiger partial charge in [-0.3, -0.25) is 14.6 Å². The van der Waals surface area contributed by atoms with E-state index < -0.39 is 0 Å². The summed E-state index contributed by atoms with van der Waals surface area (Å²) in [5.41, 5.74) is 0.761. The highest BCUT2D eigenvalue weighted by Gasteiger charge is 2.32. The number of para-hydroxylation sites is 1. The molecule has 26 heavy (non-hydrogen) atoms. The molecule has 0 bridgehead atoms. The Bertz CT molecular complexity index is 754. The molecule has 1 aromatic carbocycles. The smallest absolute Gasteiger partial charge is 0.266 e. The van der Waals surface area contributed by atoms with Gasteiger partial charge in [0.15, 0.2) is 6.61 Å². The van der Waals surface area contributed by atoms with Crippen LogP contribution in [0.5, 0.6) is 5.75 Å². The molecular formula is C18H19N3O3S2. The van der Waals surface area contributed by atoms with Crippen molar-refractivity contribution in [3.63, 3.8) is 0 Å². The minimum absolute atomic E-state index is 0.0363. The Morgan fingerprint density at radius 2 is 2.08 bits per heavy atom. The fourth-order valence-electron chi connectivity index (χ4n) is 2.74. The van der Waals surface area contributed by atoms with Gasteiger partial charge >= 0.3 is 0 Å². The molecule has 2 aliphatic heterocycles. The summed E-state index contributed by atoms with van der Waals surface area (Å²) in [6, 6.07) is 9.28.